The van der Waals surface area contributed by atoms with Crippen LogP contribution in [0.2, 0.25) is 0 Å². The van der Waals surface area contributed by atoms with E-state index in [1.165, 1.54) is 12.2 Å². The highest BCUT2D eigenvalue weighted by atomic mass is 16.7. The molecule has 0 aromatic heterocycles. The Morgan fingerprint density at radius 2 is 1.93 bits per heavy atom. The lowest BCUT2D eigenvalue weighted by Gasteiger charge is -2.45. The number of carbonyl (C=O) groups excluding carboxylic acids is 2. The van der Waals surface area contributed by atoms with Gasteiger partial charge in [0.05, 0.1) is 19.0 Å². The van der Waals surface area contributed by atoms with Crippen molar-refractivity contribution in [2.75, 3.05) is 6.54 Å². The molecule has 3 N–H and O–H groups in total. The lowest BCUT2D eigenvalue weighted by molar-refractivity contribution is -0.192. The Labute approximate surface area is 166 Å². The van der Waals surface area contributed by atoms with Gasteiger partial charge >= 0.3 is 12.1 Å². The molecule has 0 radical (unpaired) electrons. The number of ether oxygens (including phenoxy) is 1. The predicted octanol–water partition coefficient (Wildman–Crippen LogP) is 0.597. The molecule has 1 aromatic carbocycles. The molecule has 154 valence electrons. The van der Waals surface area contributed by atoms with Crippen molar-refractivity contribution >= 4 is 23.9 Å². The summed E-state index contributed by atoms with van der Waals surface area (Å²) in [5, 5.41) is 23.2. The van der Waals surface area contributed by atoms with Crippen molar-refractivity contribution in [1.82, 2.24) is 15.3 Å². The molecule has 0 spiro atoms. The molecule has 2 amide bonds. The zero-order valence-electron chi connectivity index (χ0n) is 15.4. The van der Waals surface area contributed by atoms with E-state index in [1.807, 2.05) is 30.3 Å². The molecule has 0 aliphatic carbocycles. The first-order valence-corrected chi connectivity index (χ1v) is 9.09. The Hall–Kier alpha value is -3.40. The van der Waals surface area contributed by atoms with Crippen LogP contribution in [0.25, 0.3) is 0 Å². The van der Waals surface area contributed by atoms with Gasteiger partial charge in [0, 0.05) is 0 Å². The average molecular weight is 403 g/mol. The van der Waals surface area contributed by atoms with Crippen molar-refractivity contribution in [3.8, 4) is 0 Å². The first-order valence-electron chi connectivity index (χ1n) is 9.09. The minimum atomic E-state index is -1.59. The van der Waals surface area contributed by atoms with E-state index in [1.54, 1.807) is 0 Å². The number of aryl methyl sites for hydroxylation is 1. The third-order valence-electron chi connectivity index (χ3n) is 4.76. The summed E-state index contributed by atoms with van der Waals surface area (Å²) in [5.41, 5.74) is 0.953. The van der Waals surface area contributed by atoms with E-state index in [-0.39, 0.29) is 19.4 Å². The standard InChI is InChI=1S/C19H21N3O7/c23-15-11-14(17(24)22-16(29-19(27)28)7-4-10-21(15)22)20-13(18(25)26)9-8-12-5-2-1-3-6-12/h1-7,13-14,16,20H,8-11H2,(H,25,26)(H,27,28). The van der Waals surface area contributed by atoms with Gasteiger partial charge in [-0.15, -0.1) is 0 Å². The SMILES string of the molecule is O=C(O)OC1C=CCN2C(=O)CC(NC(CCc3ccccc3)C(=O)O)C(=O)N12. The van der Waals surface area contributed by atoms with E-state index in [0.29, 0.717) is 6.42 Å². The van der Waals surface area contributed by atoms with Crippen LogP contribution in [0.5, 0.6) is 0 Å². The molecule has 2 aliphatic rings. The van der Waals surface area contributed by atoms with Crippen molar-refractivity contribution < 1.29 is 34.1 Å². The number of carboxylic acid groups (broad SMARTS) is 2. The highest BCUT2D eigenvalue weighted by molar-refractivity contribution is 5.94. The Morgan fingerprint density at radius 3 is 2.59 bits per heavy atom. The van der Waals surface area contributed by atoms with Crippen LogP contribution in [0.15, 0.2) is 42.5 Å². The quantitative estimate of drug-likeness (QED) is 0.445. The molecule has 3 unspecified atom stereocenters. The summed E-state index contributed by atoms with van der Waals surface area (Å²) in [7, 11) is 0. The first-order chi connectivity index (χ1) is 13.9. The average Bonchev–Trinajstić information content (AvgIpc) is 2.68. The van der Waals surface area contributed by atoms with E-state index in [4.69, 9.17) is 5.11 Å². The number of hydrogen-bond donors (Lipinski definition) is 3. The van der Waals surface area contributed by atoms with Gasteiger partial charge < -0.3 is 14.9 Å². The largest absolute Gasteiger partial charge is 0.508 e. The third kappa shape index (κ3) is 4.72. The summed E-state index contributed by atoms with van der Waals surface area (Å²) >= 11 is 0. The molecular formula is C19H21N3O7. The van der Waals surface area contributed by atoms with Crippen molar-refractivity contribution in [3.05, 3.63) is 48.0 Å². The Morgan fingerprint density at radius 1 is 1.21 bits per heavy atom. The topological polar surface area (TPSA) is 136 Å². The van der Waals surface area contributed by atoms with Crippen molar-refractivity contribution in [2.45, 2.75) is 37.6 Å². The summed E-state index contributed by atoms with van der Waals surface area (Å²) in [4.78, 5) is 47.9. The number of rotatable bonds is 7. The van der Waals surface area contributed by atoms with Crippen LogP contribution in [-0.4, -0.2) is 69.0 Å². The van der Waals surface area contributed by atoms with Crippen LogP contribution in [0.1, 0.15) is 18.4 Å². The maximum Gasteiger partial charge on any atom is 0.508 e. The maximum atomic E-state index is 12.9. The summed E-state index contributed by atoms with van der Waals surface area (Å²) in [5.74, 6) is -2.19. The number of hydrogen-bond acceptors (Lipinski definition) is 6. The van der Waals surface area contributed by atoms with Crippen LogP contribution in [0.4, 0.5) is 4.79 Å². The van der Waals surface area contributed by atoms with Gasteiger partial charge in [0.15, 0.2) is 0 Å². The van der Waals surface area contributed by atoms with Crippen LogP contribution in [0, 0.1) is 0 Å². The second-order valence-electron chi connectivity index (χ2n) is 6.70. The highest BCUT2D eigenvalue weighted by Crippen LogP contribution is 2.23. The predicted molar refractivity (Wildman–Crippen MR) is 98.3 cm³/mol. The Kier molecular flexibility index (Phi) is 6.13. The summed E-state index contributed by atoms with van der Waals surface area (Å²) < 4.78 is 4.68. The molecule has 1 fully saturated rings. The van der Waals surface area contributed by atoms with Crippen molar-refractivity contribution in [1.29, 1.82) is 0 Å². The van der Waals surface area contributed by atoms with Crippen LogP contribution in [-0.2, 0) is 25.5 Å². The lowest BCUT2D eigenvalue weighted by atomic mass is 10.0. The summed E-state index contributed by atoms with van der Waals surface area (Å²) in [6, 6.07) is 7.16. The van der Waals surface area contributed by atoms with Crippen LogP contribution >= 0.6 is 0 Å². The number of hydrazine groups is 1. The second kappa shape index (κ2) is 8.74. The fraction of sp³-hybridized carbons (Fsp3) is 0.368. The normalized spacial score (nSPS) is 22.2. The molecule has 29 heavy (non-hydrogen) atoms. The number of benzene rings is 1. The fourth-order valence-electron chi connectivity index (χ4n) is 3.38. The molecule has 10 nitrogen and oxygen atoms in total. The molecule has 10 heteroatoms. The minimum Gasteiger partial charge on any atom is -0.480 e. The fourth-order valence-corrected chi connectivity index (χ4v) is 3.38. The molecule has 2 heterocycles. The van der Waals surface area contributed by atoms with Crippen molar-refractivity contribution in [2.24, 2.45) is 0 Å². The summed E-state index contributed by atoms with van der Waals surface area (Å²) in [6.45, 7) is 0.104. The molecule has 0 saturated carbocycles. The van der Waals surface area contributed by atoms with Gasteiger partial charge in [-0.05, 0) is 24.5 Å². The van der Waals surface area contributed by atoms with E-state index in [9.17, 15) is 24.3 Å². The van der Waals surface area contributed by atoms with E-state index >= 15 is 0 Å². The van der Waals surface area contributed by atoms with Crippen LogP contribution < -0.4 is 5.32 Å². The monoisotopic (exact) mass is 403 g/mol. The van der Waals surface area contributed by atoms with E-state index in [2.05, 4.69) is 10.1 Å². The number of carbonyl (C=O) groups is 4. The van der Waals surface area contributed by atoms with E-state index in [0.717, 1.165) is 15.6 Å². The first kappa shape index (κ1) is 20.3. The summed E-state index contributed by atoms with van der Waals surface area (Å²) in [6.07, 6.45) is 0.487. The van der Waals surface area contributed by atoms with Gasteiger partial charge in [0.25, 0.3) is 5.91 Å². The number of carboxylic acids is 1. The smallest absolute Gasteiger partial charge is 0.480 e. The third-order valence-corrected chi connectivity index (χ3v) is 4.76. The number of aliphatic carboxylic acids is 1. The Bertz CT molecular complexity index is 826. The van der Waals surface area contributed by atoms with Gasteiger partial charge in [0.2, 0.25) is 12.1 Å². The van der Waals surface area contributed by atoms with E-state index < -0.39 is 42.3 Å². The number of amides is 2. The lowest BCUT2D eigenvalue weighted by Crippen LogP contribution is -2.67. The molecule has 3 rings (SSSR count). The number of nitrogens with one attached hydrogen (secondary N) is 1. The molecule has 0 bridgehead atoms. The van der Waals surface area contributed by atoms with Crippen LogP contribution in [0.3, 0.4) is 0 Å². The minimum absolute atomic E-state index is 0.104. The Balaban J connectivity index is 1.72. The molecule has 1 aromatic rings. The molecule has 2 aliphatic heterocycles. The van der Waals surface area contributed by atoms with Gasteiger partial charge in [-0.3, -0.25) is 19.7 Å². The number of nitrogens with zero attached hydrogens (tertiary/aromatic N) is 2. The zero-order valence-corrected chi connectivity index (χ0v) is 15.4. The maximum absolute atomic E-state index is 12.9. The number of fused-ring (bicyclic) bond motifs is 1. The molecular weight excluding hydrogens is 382 g/mol. The van der Waals surface area contributed by atoms with Gasteiger partial charge in [-0.2, -0.15) is 0 Å². The molecule has 1 saturated heterocycles. The van der Waals surface area contributed by atoms with Gasteiger partial charge in [-0.1, -0.05) is 36.4 Å². The molecule has 3 atom stereocenters. The van der Waals surface area contributed by atoms with Gasteiger partial charge in [0.1, 0.15) is 6.04 Å². The zero-order chi connectivity index (χ0) is 21.0. The highest BCUT2D eigenvalue weighted by Gasteiger charge is 2.45. The second-order valence-corrected chi connectivity index (χ2v) is 6.70. The van der Waals surface area contributed by atoms with Gasteiger partial charge in [-0.25, -0.2) is 14.8 Å². The van der Waals surface area contributed by atoms with Crippen molar-refractivity contribution in [3.63, 3.8) is 0 Å².